The smallest absolute Gasteiger partial charge is 0.228 e. The minimum Gasteiger partial charge on any atom is -0.356 e. The molecule has 27 heavy (non-hydrogen) atoms. The highest BCUT2D eigenvalue weighted by atomic mass is 16.2. The van der Waals surface area contributed by atoms with Crippen molar-refractivity contribution >= 4 is 17.5 Å². The molecule has 2 fully saturated rings. The Hall–Kier alpha value is -2.77. The van der Waals surface area contributed by atoms with Gasteiger partial charge in [-0.3, -0.25) is 4.79 Å². The molecule has 0 radical (unpaired) electrons. The van der Waals surface area contributed by atoms with E-state index in [0.29, 0.717) is 19.6 Å². The number of hydrogen-bond donors (Lipinski definition) is 0. The first-order chi connectivity index (χ1) is 13.2. The molecule has 0 bridgehead atoms. The average Bonchev–Trinajstić information content (AvgIpc) is 3.27. The van der Waals surface area contributed by atoms with Gasteiger partial charge in [0.1, 0.15) is 23.8 Å². The fourth-order valence-electron chi connectivity index (χ4n) is 4.20. The Morgan fingerprint density at radius 2 is 2.04 bits per heavy atom. The van der Waals surface area contributed by atoms with E-state index in [1.165, 1.54) is 6.42 Å². The molecule has 2 aromatic heterocycles. The largest absolute Gasteiger partial charge is 0.356 e. The molecular formula is C19H23N7O. The number of hydrogen-bond acceptors (Lipinski definition) is 7. The van der Waals surface area contributed by atoms with Crippen molar-refractivity contribution in [3.05, 3.63) is 35.7 Å². The molecule has 5 rings (SSSR count). The van der Waals surface area contributed by atoms with Gasteiger partial charge in [0.2, 0.25) is 5.91 Å². The van der Waals surface area contributed by atoms with E-state index in [1.54, 1.807) is 12.5 Å². The second kappa shape index (κ2) is 6.44. The monoisotopic (exact) mass is 365 g/mol. The van der Waals surface area contributed by atoms with Gasteiger partial charge in [-0.2, -0.15) is 0 Å². The van der Waals surface area contributed by atoms with Crippen LogP contribution in [-0.2, 0) is 17.9 Å². The Labute approximate surface area is 158 Å². The summed E-state index contributed by atoms with van der Waals surface area (Å²) in [6.07, 6.45) is 5.37. The van der Waals surface area contributed by atoms with Crippen LogP contribution in [0, 0.1) is 12.8 Å². The lowest BCUT2D eigenvalue weighted by atomic mass is 10.1. The lowest BCUT2D eigenvalue weighted by Gasteiger charge is -2.33. The van der Waals surface area contributed by atoms with E-state index >= 15 is 0 Å². The Morgan fingerprint density at radius 1 is 1.15 bits per heavy atom. The molecule has 0 spiro atoms. The molecule has 5 heterocycles. The summed E-state index contributed by atoms with van der Waals surface area (Å²) in [7, 11) is 0. The SMILES string of the molecule is Cc1nc2c(c(N3CCC3)n1)CN(C(=O)[C@H]1CCN(c3ccncn3)C1)C2. The summed E-state index contributed by atoms with van der Waals surface area (Å²) < 4.78 is 0. The first-order valence-corrected chi connectivity index (χ1v) is 9.60. The highest BCUT2D eigenvalue weighted by Gasteiger charge is 2.36. The zero-order valence-corrected chi connectivity index (χ0v) is 15.5. The lowest BCUT2D eigenvalue weighted by molar-refractivity contribution is -0.135. The minimum absolute atomic E-state index is 0.00999. The summed E-state index contributed by atoms with van der Waals surface area (Å²) in [6.45, 7) is 6.83. The number of rotatable bonds is 3. The molecule has 0 saturated carbocycles. The van der Waals surface area contributed by atoms with Crippen LogP contribution in [0.3, 0.4) is 0 Å². The molecule has 3 aliphatic rings. The van der Waals surface area contributed by atoms with Crippen molar-refractivity contribution in [2.45, 2.75) is 32.9 Å². The quantitative estimate of drug-likeness (QED) is 0.807. The van der Waals surface area contributed by atoms with Crippen LogP contribution in [-0.4, -0.2) is 56.9 Å². The van der Waals surface area contributed by atoms with Crippen molar-refractivity contribution in [1.29, 1.82) is 0 Å². The number of aromatic nitrogens is 4. The number of amides is 1. The molecule has 1 atom stereocenters. The molecule has 8 heteroatoms. The third kappa shape index (κ3) is 2.89. The highest BCUT2D eigenvalue weighted by molar-refractivity contribution is 5.81. The number of carbonyl (C=O) groups excluding carboxylic acids is 1. The first kappa shape index (κ1) is 16.4. The maximum absolute atomic E-state index is 13.1. The first-order valence-electron chi connectivity index (χ1n) is 9.60. The summed E-state index contributed by atoms with van der Waals surface area (Å²) >= 11 is 0. The van der Waals surface area contributed by atoms with Crippen LogP contribution in [0.2, 0.25) is 0 Å². The molecule has 140 valence electrons. The Bertz CT molecular complexity index is 868. The van der Waals surface area contributed by atoms with E-state index in [9.17, 15) is 4.79 Å². The van der Waals surface area contributed by atoms with Gasteiger partial charge in [0.15, 0.2) is 0 Å². The van der Waals surface area contributed by atoms with Gasteiger partial charge in [0.25, 0.3) is 0 Å². The summed E-state index contributed by atoms with van der Waals surface area (Å²) in [5.41, 5.74) is 2.16. The zero-order valence-electron chi connectivity index (χ0n) is 15.5. The van der Waals surface area contributed by atoms with Gasteiger partial charge in [-0.25, -0.2) is 19.9 Å². The second-order valence-corrected chi connectivity index (χ2v) is 7.55. The number of anilines is 2. The molecule has 0 aromatic carbocycles. The number of nitrogens with zero attached hydrogens (tertiary/aromatic N) is 7. The summed E-state index contributed by atoms with van der Waals surface area (Å²) in [6, 6.07) is 1.90. The van der Waals surface area contributed by atoms with E-state index in [1.807, 2.05) is 17.9 Å². The number of carbonyl (C=O) groups is 1. The molecule has 3 aliphatic heterocycles. The van der Waals surface area contributed by atoms with Crippen molar-refractivity contribution in [2.24, 2.45) is 5.92 Å². The van der Waals surface area contributed by atoms with Crippen molar-refractivity contribution in [3.8, 4) is 0 Å². The Balaban J connectivity index is 1.31. The molecule has 0 aliphatic carbocycles. The second-order valence-electron chi connectivity index (χ2n) is 7.55. The van der Waals surface area contributed by atoms with Gasteiger partial charge in [0, 0.05) is 37.9 Å². The molecule has 8 nitrogen and oxygen atoms in total. The highest BCUT2D eigenvalue weighted by Crippen LogP contribution is 2.33. The van der Waals surface area contributed by atoms with E-state index in [0.717, 1.165) is 54.8 Å². The summed E-state index contributed by atoms with van der Waals surface area (Å²) in [5.74, 6) is 2.95. The third-order valence-electron chi connectivity index (χ3n) is 5.77. The van der Waals surface area contributed by atoms with E-state index in [4.69, 9.17) is 0 Å². The van der Waals surface area contributed by atoms with E-state index in [-0.39, 0.29) is 11.8 Å². The molecule has 2 saturated heterocycles. The predicted octanol–water partition coefficient (Wildman–Crippen LogP) is 1.15. The van der Waals surface area contributed by atoms with Gasteiger partial charge < -0.3 is 14.7 Å². The summed E-state index contributed by atoms with van der Waals surface area (Å²) in [4.78, 5) is 37.1. The van der Waals surface area contributed by atoms with Crippen LogP contribution in [0.4, 0.5) is 11.6 Å². The van der Waals surface area contributed by atoms with Gasteiger partial charge in [0.05, 0.1) is 24.7 Å². The van der Waals surface area contributed by atoms with Gasteiger partial charge in [-0.15, -0.1) is 0 Å². The van der Waals surface area contributed by atoms with Crippen LogP contribution in [0.1, 0.15) is 29.9 Å². The van der Waals surface area contributed by atoms with Crippen LogP contribution in [0.15, 0.2) is 18.6 Å². The van der Waals surface area contributed by atoms with Gasteiger partial charge in [-0.05, 0) is 25.8 Å². The number of fused-ring (bicyclic) bond motifs is 1. The van der Waals surface area contributed by atoms with Crippen molar-refractivity contribution in [1.82, 2.24) is 24.8 Å². The fraction of sp³-hybridized carbons (Fsp3) is 0.526. The van der Waals surface area contributed by atoms with Crippen LogP contribution in [0.5, 0.6) is 0 Å². The normalized spacial score (nSPS) is 21.4. The van der Waals surface area contributed by atoms with E-state index < -0.39 is 0 Å². The van der Waals surface area contributed by atoms with Crippen molar-refractivity contribution in [2.75, 3.05) is 36.0 Å². The molecule has 2 aromatic rings. The minimum atomic E-state index is 0.00999. The van der Waals surface area contributed by atoms with E-state index in [2.05, 4.69) is 29.7 Å². The lowest BCUT2D eigenvalue weighted by Crippen LogP contribution is -2.39. The molecule has 0 N–H and O–H groups in total. The topological polar surface area (TPSA) is 78.4 Å². The summed E-state index contributed by atoms with van der Waals surface area (Å²) in [5, 5.41) is 0. The molecule has 1 amide bonds. The van der Waals surface area contributed by atoms with Crippen molar-refractivity contribution < 1.29 is 4.79 Å². The molecular weight excluding hydrogens is 342 g/mol. The van der Waals surface area contributed by atoms with Crippen LogP contribution < -0.4 is 9.80 Å². The standard InChI is InChI=1S/C19H23N7O/c1-13-22-16-11-26(10-15(16)18(23-13)24-6-2-7-24)19(27)14-4-8-25(9-14)17-3-5-20-12-21-17/h3,5,12,14H,2,4,6-11H2,1H3/t14-/m0/s1. The number of aryl methyl sites for hydroxylation is 1. The molecule has 0 unspecified atom stereocenters. The Kier molecular flexibility index (Phi) is 3.91. The van der Waals surface area contributed by atoms with Crippen LogP contribution >= 0.6 is 0 Å². The van der Waals surface area contributed by atoms with Crippen molar-refractivity contribution in [3.63, 3.8) is 0 Å². The van der Waals surface area contributed by atoms with Crippen LogP contribution in [0.25, 0.3) is 0 Å². The third-order valence-corrected chi connectivity index (χ3v) is 5.77. The zero-order chi connectivity index (χ0) is 18.4. The van der Waals surface area contributed by atoms with Gasteiger partial charge >= 0.3 is 0 Å². The Morgan fingerprint density at radius 3 is 2.78 bits per heavy atom. The van der Waals surface area contributed by atoms with Gasteiger partial charge in [-0.1, -0.05) is 0 Å². The fourth-order valence-corrected chi connectivity index (χ4v) is 4.20. The average molecular weight is 365 g/mol. The predicted molar refractivity (Wildman–Crippen MR) is 100 cm³/mol. The maximum atomic E-state index is 13.1. The maximum Gasteiger partial charge on any atom is 0.228 e.